The predicted molar refractivity (Wildman–Crippen MR) is 94.4 cm³/mol. The number of likely N-dealkylation sites (tertiary alicyclic amines) is 1. The molecule has 3 rings (SSSR count). The van der Waals surface area contributed by atoms with Gasteiger partial charge in [0, 0.05) is 24.0 Å². The number of nitrogens with zero attached hydrogens (tertiary/aromatic N) is 1. The van der Waals surface area contributed by atoms with E-state index in [4.69, 9.17) is 0 Å². The molecule has 25 heavy (non-hydrogen) atoms. The number of amides is 1. The van der Waals surface area contributed by atoms with Crippen molar-refractivity contribution in [2.24, 2.45) is 0 Å². The van der Waals surface area contributed by atoms with Crippen molar-refractivity contribution < 1.29 is 18.3 Å². The number of carbonyl (C=O) groups excluding carboxylic acids is 1. The molecular weight excluding hydrogens is 346 g/mol. The van der Waals surface area contributed by atoms with Crippen molar-refractivity contribution in [1.82, 2.24) is 10.2 Å². The maximum atomic E-state index is 12.8. The first-order valence-electron chi connectivity index (χ1n) is 8.19. The molecule has 1 unspecified atom stereocenters. The Balaban J connectivity index is 1.72. The molecular formula is C18H20F2N2O2S. The van der Waals surface area contributed by atoms with Crippen LogP contribution >= 0.6 is 11.3 Å². The van der Waals surface area contributed by atoms with Crippen LogP contribution in [-0.4, -0.2) is 43.6 Å². The van der Waals surface area contributed by atoms with Crippen molar-refractivity contribution in [3.05, 3.63) is 41.3 Å². The molecule has 1 N–H and O–H groups in total. The molecule has 1 saturated heterocycles. The van der Waals surface area contributed by atoms with Gasteiger partial charge in [-0.1, -0.05) is 0 Å². The average Bonchev–Trinajstić information content (AvgIpc) is 3.24. The summed E-state index contributed by atoms with van der Waals surface area (Å²) in [5.41, 5.74) is 0.874. The zero-order valence-electron chi connectivity index (χ0n) is 13.9. The van der Waals surface area contributed by atoms with E-state index in [1.807, 2.05) is 24.1 Å². The molecule has 0 bridgehead atoms. The Bertz CT molecular complexity index is 718. The highest BCUT2D eigenvalue weighted by Crippen LogP contribution is 2.31. The molecule has 0 saturated carbocycles. The highest BCUT2D eigenvalue weighted by molar-refractivity contribution is 7.17. The fraction of sp³-hybridized carbons (Fsp3) is 0.389. The minimum atomic E-state index is -2.83. The largest absolute Gasteiger partial charge is 0.435 e. The van der Waals surface area contributed by atoms with Gasteiger partial charge in [0.2, 0.25) is 0 Å². The Hall–Kier alpha value is -1.99. The van der Waals surface area contributed by atoms with Crippen LogP contribution in [0, 0.1) is 0 Å². The molecule has 0 radical (unpaired) electrons. The summed E-state index contributed by atoms with van der Waals surface area (Å²) in [7, 11) is 1.89. The topological polar surface area (TPSA) is 41.6 Å². The molecule has 0 spiro atoms. The standard InChI is InChI=1S/C18H20F2N2O2S/c1-21-11-13-3-2-10-22(13)17(23)16-9-8-15(25-16)12-4-6-14(7-5-12)24-18(19)20/h4-9,13,18,21H,2-3,10-11H2,1H3. The van der Waals surface area contributed by atoms with Gasteiger partial charge in [0.15, 0.2) is 0 Å². The maximum Gasteiger partial charge on any atom is 0.387 e. The van der Waals surface area contributed by atoms with Gasteiger partial charge < -0.3 is 15.0 Å². The molecule has 1 fully saturated rings. The van der Waals surface area contributed by atoms with Gasteiger partial charge in [-0.2, -0.15) is 8.78 Å². The molecule has 134 valence electrons. The fourth-order valence-electron chi connectivity index (χ4n) is 3.10. The van der Waals surface area contributed by atoms with E-state index in [9.17, 15) is 13.6 Å². The van der Waals surface area contributed by atoms with Gasteiger partial charge in [0.05, 0.1) is 4.88 Å². The molecule has 7 heteroatoms. The van der Waals surface area contributed by atoms with Gasteiger partial charge in [0.1, 0.15) is 5.75 Å². The normalized spacial score (nSPS) is 17.3. The summed E-state index contributed by atoms with van der Waals surface area (Å²) < 4.78 is 28.8. The third kappa shape index (κ3) is 4.16. The monoisotopic (exact) mass is 366 g/mol. The highest BCUT2D eigenvalue weighted by atomic mass is 32.1. The number of hydrogen-bond donors (Lipinski definition) is 1. The highest BCUT2D eigenvalue weighted by Gasteiger charge is 2.29. The van der Waals surface area contributed by atoms with Crippen molar-refractivity contribution in [3.63, 3.8) is 0 Å². The van der Waals surface area contributed by atoms with E-state index >= 15 is 0 Å². The lowest BCUT2D eigenvalue weighted by Gasteiger charge is -2.23. The second-order valence-electron chi connectivity index (χ2n) is 5.92. The molecule has 1 aromatic heterocycles. The Morgan fingerprint density at radius 3 is 2.76 bits per heavy atom. The zero-order chi connectivity index (χ0) is 17.8. The number of thiophene rings is 1. The van der Waals surface area contributed by atoms with Crippen LogP contribution in [0.1, 0.15) is 22.5 Å². The van der Waals surface area contributed by atoms with E-state index in [0.717, 1.165) is 36.4 Å². The summed E-state index contributed by atoms with van der Waals surface area (Å²) in [4.78, 5) is 16.3. The maximum absolute atomic E-state index is 12.8. The van der Waals surface area contributed by atoms with Crippen LogP contribution in [0.3, 0.4) is 0 Å². The third-order valence-electron chi connectivity index (χ3n) is 4.26. The van der Waals surface area contributed by atoms with Crippen molar-refractivity contribution in [2.45, 2.75) is 25.5 Å². The van der Waals surface area contributed by atoms with Crippen LogP contribution in [0.4, 0.5) is 8.78 Å². The molecule has 2 heterocycles. The lowest BCUT2D eigenvalue weighted by molar-refractivity contribution is -0.0498. The smallest absolute Gasteiger partial charge is 0.387 e. The molecule has 2 aromatic rings. The van der Waals surface area contributed by atoms with Gasteiger partial charge in [0.25, 0.3) is 5.91 Å². The molecule has 1 aliphatic rings. The van der Waals surface area contributed by atoms with E-state index in [0.29, 0.717) is 4.88 Å². The Kier molecular flexibility index (Phi) is 5.65. The Labute approximate surface area is 149 Å². The van der Waals surface area contributed by atoms with Crippen LogP contribution in [0.25, 0.3) is 10.4 Å². The number of alkyl halides is 2. The van der Waals surface area contributed by atoms with E-state index < -0.39 is 6.61 Å². The van der Waals surface area contributed by atoms with Crippen molar-refractivity contribution in [2.75, 3.05) is 20.1 Å². The first-order chi connectivity index (χ1) is 12.1. The summed E-state index contributed by atoms with van der Waals surface area (Å²) in [6.07, 6.45) is 2.05. The van der Waals surface area contributed by atoms with E-state index in [2.05, 4.69) is 10.1 Å². The van der Waals surface area contributed by atoms with Gasteiger partial charge in [-0.3, -0.25) is 4.79 Å². The summed E-state index contributed by atoms with van der Waals surface area (Å²) in [5.74, 6) is 0.185. The number of carbonyl (C=O) groups is 1. The average molecular weight is 366 g/mol. The first kappa shape index (κ1) is 17.8. The first-order valence-corrected chi connectivity index (χ1v) is 9.01. The predicted octanol–water partition coefficient (Wildman–Crippen LogP) is 3.84. The number of ether oxygens (including phenoxy) is 1. The van der Waals surface area contributed by atoms with Crippen LogP contribution in [-0.2, 0) is 0 Å². The van der Waals surface area contributed by atoms with Gasteiger partial charge in [-0.15, -0.1) is 11.3 Å². The minimum Gasteiger partial charge on any atom is -0.435 e. The van der Waals surface area contributed by atoms with Gasteiger partial charge >= 0.3 is 6.61 Å². The quantitative estimate of drug-likeness (QED) is 0.845. The Morgan fingerprint density at radius 1 is 1.32 bits per heavy atom. The molecule has 4 nitrogen and oxygen atoms in total. The van der Waals surface area contributed by atoms with Crippen LogP contribution in [0.2, 0.25) is 0 Å². The lowest BCUT2D eigenvalue weighted by Crippen LogP contribution is -2.40. The third-order valence-corrected chi connectivity index (χ3v) is 5.38. The molecule has 1 aromatic carbocycles. The van der Waals surface area contributed by atoms with Crippen LogP contribution in [0.15, 0.2) is 36.4 Å². The summed E-state index contributed by atoms with van der Waals surface area (Å²) in [6, 6.07) is 10.4. The van der Waals surface area contributed by atoms with Gasteiger partial charge in [-0.05, 0) is 61.9 Å². The Morgan fingerprint density at radius 2 is 2.08 bits per heavy atom. The number of rotatable bonds is 6. The van der Waals surface area contributed by atoms with Crippen LogP contribution in [0.5, 0.6) is 5.75 Å². The number of benzene rings is 1. The second kappa shape index (κ2) is 7.93. The van der Waals surface area contributed by atoms with E-state index in [1.54, 1.807) is 12.1 Å². The number of halogens is 2. The number of likely N-dealkylation sites (N-methyl/N-ethyl adjacent to an activating group) is 1. The number of hydrogen-bond acceptors (Lipinski definition) is 4. The lowest BCUT2D eigenvalue weighted by atomic mass is 10.2. The molecule has 1 aliphatic heterocycles. The SMILES string of the molecule is CNCC1CCCN1C(=O)c1ccc(-c2ccc(OC(F)F)cc2)s1. The summed E-state index contributed by atoms with van der Waals surface area (Å²) in [6.45, 7) is -1.24. The van der Waals surface area contributed by atoms with Crippen molar-refractivity contribution in [1.29, 1.82) is 0 Å². The molecule has 1 amide bonds. The molecule has 0 aliphatic carbocycles. The van der Waals surface area contributed by atoms with Gasteiger partial charge in [-0.25, -0.2) is 0 Å². The minimum absolute atomic E-state index is 0.0617. The zero-order valence-corrected chi connectivity index (χ0v) is 14.7. The van der Waals surface area contributed by atoms with Crippen LogP contribution < -0.4 is 10.1 Å². The number of nitrogens with one attached hydrogen (secondary N) is 1. The van der Waals surface area contributed by atoms with E-state index in [-0.39, 0.29) is 17.7 Å². The fourth-order valence-corrected chi connectivity index (χ4v) is 4.07. The van der Waals surface area contributed by atoms with Crippen molar-refractivity contribution in [3.8, 4) is 16.2 Å². The second-order valence-corrected chi connectivity index (χ2v) is 7.00. The van der Waals surface area contributed by atoms with E-state index in [1.165, 1.54) is 23.5 Å². The van der Waals surface area contributed by atoms with Crippen molar-refractivity contribution >= 4 is 17.2 Å². The summed E-state index contributed by atoms with van der Waals surface area (Å²) >= 11 is 1.42. The molecule has 1 atom stereocenters. The summed E-state index contributed by atoms with van der Waals surface area (Å²) in [5, 5.41) is 3.14.